The number of hydrogen-bond donors (Lipinski definition) is 1. The number of nitrogens with one attached hydrogen (secondary N) is 1. The normalized spacial score (nSPS) is 18.0. The minimum Gasteiger partial charge on any atom is -0.317 e. The number of hydrogen-bond acceptors (Lipinski definition) is 2. The summed E-state index contributed by atoms with van der Waals surface area (Å²) in [6.45, 7) is 2.22. The Morgan fingerprint density at radius 3 is 2.43 bits per heavy atom. The van der Waals surface area contributed by atoms with E-state index in [1.807, 2.05) is 6.07 Å². The largest absolute Gasteiger partial charge is 0.317 e. The van der Waals surface area contributed by atoms with E-state index in [-0.39, 0.29) is 0 Å². The summed E-state index contributed by atoms with van der Waals surface area (Å²) < 4.78 is 0. The number of benzene rings is 1. The molecule has 1 saturated heterocycles. The fraction of sp³-hybridized carbons (Fsp3) is 0.417. The third kappa shape index (κ3) is 2.20. The van der Waals surface area contributed by atoms with Gasteiger partial charge in [0.2, 0.25) is 0 Å². The smallest absolute Gasteiger partial charge is 0.0256 e. The first-order valence-electron chi connectivity index (χ1n) is 5.18. The van der Waals surface area contributed by atoms with Gasteiger partial charge in [-0.3, -0.25) is 0 Å². The lowest BCUT2D eigenvalue weighted by molar-refractivity contribution is 0.460. The van der Waals surface area contributed by atoms with Crippen LogP contribution in [0.5, 0.6) is 0 Å². The van der Waals surface area contributed by atoms with Crippen LogP contribution in [0.2, 0.25) is 0 Å². The summed E-state index contributed by atoms with van der Waals surface area (Å²) in [4.78, 5) is 1.15. The highest BCUT2D eigenvalue weighted by Gasteiger charge is 2.18. The minimum atomic E-state index is 0.605. The van der Waals surface area contributed by atoms with Gasteiger partial charge in [-0.2, -0.15) is 0 Å². The van der Waals surface area contributed by atoms with E-state index in [1.165, 1.54) is 18.4 Å². The van der Waals surface area contributed by atoms with Crippen LogP contribution in [0.25, 0.3) is 0 Å². The molecule has 0 unspecified atom stereocenters. The van der Waals surface area contributed by atoms with Crippen molar-refractivity contribution in [2.24, 2.45) is 5.92 Å². The van der Waals surface area contributed by atoms with Crippen LogP contribution in [-0.4, -0.2) is 18.0 Å². The highest BCUT2D eigenvalue weighted by atomic mass is 32.1. The maximum absolute atomic E-state index is 5.51. The molecule has 0 radical (unpaired) electrons. The predicted octanol–water partition coefficient (Wildman–Crippen LogP) is 2.40. The molecular weight excluding hydrogens is 190 g/mol. The van der Waals surface area contributed by atoms with Gasteiger partial charge in [-0.1, -0.05) is 42.5 Å². The van der Waals surface area contributed by atoms with Gasteiger partial charge in [0.15, 0.2) is 0 Å². The van der Waals surface area contributed by atoms with Crippen LogP contribution in [0, 0.1) is 5.92 Å². The van der Waals surface area contributed by atoms with E-state index >= 15 is 0 Å². The van der Waals surface area contributed by atoms with Crippen LogP contribution < -0.4 is 5.32 Å². The van der Waals surface area contributed by atoms with Gasteiger partial charge >= 0.3 is 0 Å². The minimum absolute atomic E-state index is 0.605. The predicted molar refractivity (Wildman–Crippen MR) is 63.7 cm³/mol. The zero-order chi connectivity index (χ0) is 9.80. The van der Waals surface area contributed by atoms with E-state index in [2.05, 4.69) is 29.6 Å². The Balaban J connectivity index is 2.07. The van der Waals surface area contributed by atoms with Crippen molar-refractivity contribution in [2.75, 3.05) is 13.1 Å². The summed E-state index contributed by atoms with van der Waals surface area (Å²) in [7, 11) is 0. The quantitative estimate of drug-likeness (QED) is 0.588. The second-order valence-corrected chi connectivity index (χ2v) is 4.19. The van der Waals surface area contributed by atoms with Crippen molar-refractivity contribution >= 4 is 17.1 Å². The van der Waals surface area contributed by atoms with E-state index < -0.39 is 0 Å². The summed E-state index contributed by atoms with van der Waals surface area (Å²) in [5.74, 6) is 0.605. The molecule has 0 spiro atoms. The average Bonchev–Trinajstić information content (AvgIpc) is 2.30. The van der Waals surface area contributed by atoms with E-state index in [9.17, 15) is 0 Å². The summed E-state index contributed by atoms with van der Waals surface area (Å²) in [6.07, 6.45) is 2.38. The molecule has 0 aromatic heterocycles. The van der Waals surface area contributed by atoms with Crippen molar-refractivity contribution < 1.29 is 0 Å². The number of rotatable bonds is 2. The molecule has 1 aromatic carbocycles. The molecule has 1 heterocycles. The van der Waals surface area contributed by atoms with E-state index in [1.54, 1.807) is 0 Å². The second kappa shape index (κ2) is 4.67. The molecule has 1 N–H and O–H groups in total. The van der Waals surface area contributed by atoms with Crippen molar-refractivity contribution in [3.63, 3.8) is 0 Å². The molecule has 1 aromatic rings. The van der Waals surface area contributed by atoms with Gasteiger partial charge in [0.25, 0.3) is 0 Å². The fourth-order valence-corrected chi connectivity index (χ4v) is 2.29. The summed E-state index contributed by atoms with van der Waals surface area (Å²) >= 11 is 5.51. The molecule has 1 aliphatic heterocycles. The van der Waals surface area contributed by atoms with Crippen molar-refractivity contribution in [2.45, 2.75) is 12.8 Å². The molecule has 0 bridgehead atoms. The summed E-state index contributed by atoms with van der Waals surface area (Å²) in [5, 5.41) is 3.36. The van der Waals surface area contributed by atoms with Crippen LogP contribution in [0.15, 0.2) is 30.3 Å². The van der Waals surface area contributed by atoms with Crippen LogP contribution in [0.1, 0.15) is 18.4 Å². The summed E-state index contributed by atoms with van der Waals surface area (Å²) in [5.41, 5.74) is 1.23. The Morgan fingerprint density at radius 1 is 1.14 bits per heavy atom. The molecular formula is C12H15NS. The van der Waals surface area contributed by atoms with Gasteiger partial charge in [-0.05, 0) is 37.4 Å². The lowest BCUT2D eigenvalue weighted by atomic mass is 9.91. The first kappa shape index (κ1) is 9.81. The molecule has 2 heteroatoms. The Kier molecular flexibility index (Phi) is 3.27. The van der Waals surface area contributed by atoms with Crippen molar-refractivity contribution in [1.82, 2.24) is 5.32 Å². The standard InChI is InChI=1S/C12H15NS/c14-12(10-4-2-1-3-5-10)11-6-8-13-9-7-11/h1-5,11,13H,6-9H2. The Labute approximate surface area is 90.5 Å². The summed E-state index contributed by atoms with van der Waals surface area (Å²) in [6, 6.07) is 10.4. The van der Waals surface area contributed by atoms with Gasteiger partial charge in [0.05, 0.1) is 0 Å². The van der Waals surface area contributed by atoms with Gasteiger partial charge in [0.1, 0.15) is 0 Å². The lowest BCUT2D eigenvalue weighted by Crippen LogP contribution is -2.31. The molecule has 0 aliphatic carbocycles. The molecule has 0 amide bonds. The average molecular weight is 205 g/mol. The highest BCUT2D eigenvalue weighted by molar-refractivity contribution is 7.80. The third-order valence-corrected chi connectivity index (χ3v) is 3.34. The van der Waals surface area contributed by atoms with Crippen LogP contribution in [0.3, 0.4) is 0 Å². The fourth-order valence-electron chi connectivity index (χ4n) is 1.92. The molecule has 1 aliphatic rings. The van der Waals surface area contributed by atoms with Crippen LogP contribution in [-0.2, 0) is 0 Å². The first-order valence-corrected chi connectivity index (χ1v) is 5.59. The molecule has 0 atom stereocenters. The maximum Gasteiger partial charge on any atom is 0.0256 e. The molecule has 2 rings (SSSR count). The molecule has 1 nitrogen and oxygen atoms in total. The van der Waals surface area contributed by atoms with Gasteiger partial charge in [0, 0.05) is 4.86 Å². The highest BCUT2D eigenvalue weighted by Crippen LogP contribution is 2.18. The van der Waals surface area contributed by atoms with Crippen molar-refractivity contribution in [3.05, 3.63) is 35.9 Å². The topological polar surface area (TPSA) is 12.0 Å². The Hall–Kier alpha value is -0.730. The van der Waals surface area contributed by atoms with Crippen LogP contribution in [0.4, 0.5) is 0 Å². The van der Waals surface area contributed by atoms with E-state index in [4.69, 9.17) is 12.2 Å². The zero-order valence-electron chi connectivity index (χ0n) is 8.20. The Morgan fingerprint density at radius 2 is 1.79 bits per heavy atom. The molecule has 14 heavy (non-hydrogen) atoms. The second-order valence-electron chi connectivity index (χ2n) is 3.75. The van der Waals surface area contributed by atoms with Crippen molar-refractivity contribution in [3.8, 4) is 0 Å². The van der Waals surface area contributed by atoms with E-state index in [0.717, 1.165) is 18.0 Å². The van der Waals surface area contributed by atoms with Crippen LogP contribution >= 0.6 is 12.2 Å². The zero-order valence-corrected chi connectivity index (χ0v) is 9.02. The third-order valence-electron chi connectivity index (χ3n) is 2.77. The van der Waals surface area contributed by atoms with Gasteiger partial charge in [-0.25, -0.2) is 0 Å². The Bertz CT molecular complexity index is 301. The molecule has 0 saturated carbocycles. The van der Waals surface area contributed by atoms with Gasteiger partial charge in [-0.15, -0.1) is 0 Å². The van der Waals surface area contributed by atoms with Crippen molar-refractivity contribution in [1.29, 1.82) is 0 Å². The monoisotopic (exact) mass is 205 g/mol. The SMILES string of the molecule is S=C(c1ccccc1)C1CCNCC1. The maximum atomic E-state index is 5.51. The van der Waals surface area contributed by atoms with Gasteiger partial charge < -0.3 is 5.32 Å². The van der Waals surface area contributed by atoms with E-state index in [0.29, 0.717) is 5.92 Å². The lowest BCUT2D eigenvalue weighted by Gasteiger charge is -2.23. The molecule has 1 fully saturated rings. The number of piperidine rings is 1. The molecule has 74 valence electrons. The first-order chi connectivity index (χ1) is 6.88. The number of thiocarbonyl (C=S) groups is 1.